The van der Waals surface area contributed by atoms with Gasteiger partial charge in [-0.3, -0.25) is 9.35 Å². The quantitative estimate of drug-likeness (QED) is 0.539. The Bertz CT molecular complexity index is 542. The number of nitrogens with zero attached hydrogens (tertiary/aromatic N) is 2. The molecule has 2 aliphatic heterocycles. The average molecular weight is 303 g/mol. The van der Waals surface area contributed by atoms with Crippen LogP contribution in [0, 0.1) is 0 Å². The Balaban J connectivity index is 1.66. The Hall–Kier alpha value is -1.35. The van der Waals surface area contributed by atoms with Crippen LogP contribution >= 0.6 is 0 Å². The molecular formula is C11H17N3O5S. The predicted octanol–water partition coefficient (Wildman–Crippen LogP) is -0.273. The smallest absolute Gasteiger partial charge is 0.335 e. The highest BCUT2D eigenvalue weighted by Crippen LogP contribution is 2.35. The molecule has 20 heavy (non-hydrogen) atoms. The van der Waals surface area contributed by atoms with Gasteiger partial charge in [0.05, 0.1) is 6.04 Å². The summed E-state index contributed by atoms with van der Waals surface area (Å²) in [6, 6.07) is -1.53. The number of fused-ring (bicyclic) bond motifs is 1. The van der Waals surface area contributed by atoms with Gasteiger partial charge in [0.1, 0.15) is 6.04 Å². The number of carbonyl (C=O) groups excluding carboxylic acids is 2. The van der Waals surface area contributed by atoms with E-state index in [2.05, 4.69) is 5.32 Å². The minimum Gasteiger partial charge on any atom is -0.335 e. The maximum absolute atomic E-state index is 12.1. The number of hydrogen-bond acceptors (Lipinski definition) is 4. The van der Waals surface area contributed by atoms with E-state index in [1.165, 1.54) is 4.90 Å². The molecule has 2 unspecified atom stereocenters. The molecule has 3 aliphatic rings. The number of carbonyl (C=O) groups is 2. The molecule has 8 nitrogen and oxygen atoms in total. The van der Waals surface area contributed by atoms with Crippen LogP contribution in [0.4, 0.5) is 4.79 Å². The summed E-state index contributed by atoms with van der Waals surface area (Å²) in [5.74, 6) is -0.725. The summed E-state index contributed by atoms with van der Waals surface area (Å²) in [7, 11) is -4.52. The fraction of sp³-hybridized carbons (Fsp3) is 0.818. The highest BCUT2D eigenvalue weighted by Gasteiger charge is 2.60. The van der Waals surface area contributed by atoms with E-state index in [-0.39, 0.29) is 12.1 Å². The first kappa shape index (κ1) is 13.6. The third kappa shape index (κ3) is 2.05. The molecule has 2 N–H and O–H groups in total. The molecule has 0 radical (unpaired) electrons. The highest BCUT2D eigenvalue weighted by atomic mass is 32.2. The molecule has 1 aliphatic carbocycles. The summed E-state index contributed by atoms with van der Waals surface area (Å²) in [6.07, 6.45) is 4.44. The van der Waals surface area contributed by atoms with Crippen molar-refractivity contribution in [3.63, 3.8) is 0 Å². The van der Waals surface area contributed by atoms with Crippen LogP contribution in [0.15, 0.2) is 0 Å². The summed E-state index contributed by atoms with van der Waals surface area (Å²) in [5.41, 5.74) is 0. The molecule has 3 fully saturated rings. The Morgan fingerprint density at radius 2 is 1.90 bits per heavy atom. The number of rotatable bonds is 2. The van der Waals surface area contributed by atoms with Crippen molar-refractivity contribution in [1.82, 2.24) is 14.5 Å². The maximum Gasteiger partial charge on any atom is 0.362 e. The van der Waals surface area contributed by atoms with Gasteiger partial charge in [0.2, 0.25) is 0 Å². The van der Waals surface area contributed by atoms with Gasteiger partial charge < -0.3 is 10.2 Å². The van der Waals surface area contributed by atoms with Crippen molar-refractivity contribution in [1.29, 1.82) is 0 Å². The van der Waals surface area contributed by atoms with Crippen LogP contribution in [-0.2, 0) is 15.1 Å². The number of likely N-dealkylation sites (tertiary alicyclic amines) is 1. The third-order valence-electron chi connectivity index (χ3n) is 4.33. The molecule has 2 heterocycles. The van der Waals surface area contributed by atoms with Gasteiger partial charge >= 0.3 is 16.3 Å². The van der Waals surface area contributed by atoms with E-state index >= 15 is 0 Å². The Kier molecular flexibility index (Phi) is 3.13. The van der Waals surface area contributed by atoms with Crippen molar-refractivity contribution in [2.45, 2.75) is 50.2 Å². The molecule has 0 spiro atoms. The first-order chi connectivity index (χ1) is 9.39. The normalized spacial score (nSPS) is 30.4. The number of nitrogens with one attached hydrogen (secondary N) is 1. The Labute approximate surface area is 117 Å². The van der Waals surface area contributed by atoms with E-state index in [1.807, 2.05) is 0 Å². The lowest BCUT2D eigenvalue weighted by Crippen LogP contribution is -2.69. The third-order valence-corrected chi connectivity index (χ3v) is 5.28. The summed E-state index contributed by atoms with van der Waals surface area (Å²) in [6.45, 7) is 0.325. The largest absolute Gasteiger partial charge is 0.362 e. The van der Waals surface area contributed by atoms with Gasteiger partial charge in [0.25, 0.3) is 5.91 Å². The maximum atomic E-state index is 12.1. The van der Waals surface area contributed by atoms with Gasteiger partial charge in [-0.25, -0.2) is 9.10 Å². The standard InChI is InChI=1S/C11H17N3O5S/c15-10-9-8(14(10)20(17,18)19)5-6-13(9)11(16)12-7-3-1-2-4-7/h7-9H,1-6H2,(H,12,16)(H,17,18,19). The fourth-order valence-electron chi connectivity index (χ4n) is 3.37. The minimum atomic E-state index is -4.52. The zero-order valence-electron chi connectivity index (χ0n) is 10.9. The van der Waals surface area contributed by atoms with E-state index in [4.69, 9.17) is 4.55 Å². The molecule has 3 rings (SSSR count). The van der Waals surface area contributed by atoms with Crippen LogP contribution in [0.1, 0.15) is 32.1 Å². The summed E-state index contributed by atoms with van der Waals surface area (Å²) in [4.78, 5) is 25.3. The number of amides is 3. The molecule has 9 heteroatoms. The van der Waals surface area contributed by atoms with Crippen LogP contribution in [0.3, 0.4) is 0 Å². The number of hydrogen-bond donors (Lipinski definition) is 2. The van der Waals surface area contributed by atoms with Crippen molar-refractivity contribution in [3.8, 4) is 0 Å². The summed E-state index contributed by atoms with van der Waals surface area (Å²) < 4.78 is 31.6. The summed E-state index contributed by atoms with van der Waals surface area (Å²) >= 11 is 0. The van der Waals surface area contributed by atoms with Crippen molar-refractivity contribution in [2.75, 3.05) is 6.54 Å². The van der Waals surface area contributed by atoms with Crippen LogP contribution in [0.2, 0.25) is 0 Å². The molecule has 0 bridgehead atoms. The summed E-state index contributed by atoms with van der Waals surface area (Å²) in [5, 5.41) is 2.88. The zero-order chi connectivity index (χ0) is 14.5. The van der Waals surface area contributed by atoms with Crippen LogP contribution < -0.4 is 5.32 Å². The Morgan fingerprint density at radius 3 is 2.50 bits per heavy atom. The van der Waals surface area contributed by atoms with Crippen LogP contribution in [-0.4, -0.2) is 58.8 Å². The lowest BCUT2D eigenvalue weighted by Gasteiger charge is -2.42. The zero-order valence-corrected chi connectivity index (χ0v) is 11.7. The molecule has 0 aromatic rings. The van der Waals surface area contributed by atoms with Gasteiger partial charge in [-0.05, 0) is 19.3 Å². The second kappa shape index (κ2) is 4.59. The highest BCUT2D eigenvalue weighted by molar-refractivity contribution is 7.84. The molecule has 112 valence electrons. The fourth-order valence-corrected chi connectivity index (χ4v) is 4.27. The van der Waals surface area contributed by atoms with Gasteiger partial charge in [-0.2, -0.15) is 8.42 Å². The van der Waals surface area contributed by atoms with Crippen molar-refractivity contribution < 1.29 is 22.6 Å². The second-order valence-corrected chi connectivity index (χ2v) is 6.83. The lowest BCUT2D eigenvalue weighted by atomic mass is 10.0. The molecule has 2 atom stereocenters. The topological polar surface area (TPSA) is 107 Å². The first-order valence-corrected chi connectivity index (χ1v) is 8.17. The van der Waals surface area contributed by atoms with Gasteiger partial charge in [0.15, 0.2) is 0 Å². The van der Waals surface area contributed by atoms with Gasteiger partial charge in [-0.1, -0.05) is 12.8 Å². The molecular weight excluding hydrogens is 286 g/mol. The second-order valence-electron chi connectivity index (χ2n) is 5.54. The molecule has 0 aromatic carbocycles. The van der Waals surface area contributed by atoms with Gasteiger partial charge in [0, 0.05) is 12.6 Å². The van der Waals surface area contributed by atoms with Crippen molar-refractivity contribution >= 4 is 22.2 Å². The van der Waals surface area contributed by atoms with Crippen LogP contribution in [0.25, 0.3) is 0 Å². The predicted molar refractivity (Wildman–Crippen MR) is 68.1 cm³/mol. The molecule has 2 saturated heterocycles. The lowest BCUT2D eigenvalue weighted by molar-refractivity contribution is -0.143. The molecule has 1 saturated carbocycles. The van der Waals surface area contributed by atoms with Crippen molar-refractivity contribution in [3.05, 3.63) is 0 Å². The van der Waals surface area contributed by atoms with Crippen molar-refractivity contribution in [2.24, 2.45) is 0 Å². The Morgan fingerprint density at radius 1 is 1.25 bits per heavy atom. The number of β-lactam (4-membered cyclic amide) rings is 1. The average Bonchev–Trinajstić information content (AvgIpc) is 2.93. The van der Waals surface area contributed by atoms with E-state index in [1.54, 1.807) is 0 Å². The SMILES string of the molecule is O=C(NC1CCCC1)N1CCC2C1C(=O)N2S(=O)(=O)O. The van der Waals surface area contributed by atoms with E-state index in [9.17, 15) is 18.0 Å². The monoisotopic (exact) mass is 303 g/mol. The first-order valence-electron chi connectivity index (χ1n) is 6.77. The van der Waals surface area contributed by atoms with Gasteiger partial charge in [-0.15, -0.1) is 0 Å². The number of urea groups is 1. The van der Waals surface area contributed by atoms with Crippen LogP contribution in [0.5, 0.6) is 0 Å². The molecule has 0 aromatic heterocycles. The van der Waals surface area contributed by atoms with E-state index in [0.29, 0.717) is 17.3 Å². The molecule has 3 amide bonds. The van der Waals surface area contributed by atoms with E-state index < -0.39 is 28.3 Å². The van der Waals surface area contributed by atoms with E-state index in [0.717, 1.165) is 25.7 Å². The minimum absolute atomic E-state index is 0.148.